The van der Waals surface area contributed by atoms with Gasteiger partial charge in [0.2, 0.25) is 0 Å². The molecule has 1 N–H and O–H groups in total. The molecule has 0 amide bonds. The quantitative estimate of drug-likeness (QED) is 0.498. The molecular formula is C10H22N2. The van der Waals surface area contributed by atoms with Crippen molar-refractivity contribution >= 4 is 5.84 Å². The normalized spacial score (nSPS) is 12.7. The molecule has 72 valence electrons. The van der Waals surface area contributed by atoms with Gasteiger partial charge in [-0.2, -0.15) is 0 Å². The van der Waals surface area contributed by atoms with Crippen LogP contribution in [0.15, 0.2) is 0 Å². The molecule has 2 nitrogen and oxygen atoms in total. The fraction of sp³-hybridized carbons (Fsp3) is 0.900. The lowest BCUT2D eigenvalue weighted by molar-refractivity contribution is 0.388. The zero-order valence-corrected chi connectivity index (χ0v) is 8.85. The maximum Gasteiger partial charge on any atom is 0.0955 e. The van der Waals surface area contributed by atoms with Gasteiger partial charge in [-0.3, -0.25) is 5.41 Å². The van der Waals surface area contributed by atoms with E-state index in [1.807, 2.05) is 7.05 Å². The summed E-state index contributed by atoms with van der Waals surface area (Å²) in [7, 11) is 2.02. The molecule has 0 aromatic rings. The lowest BCUT2D eigenvalue weighted by Gasteiger charge is -2.22. The Morgan fingerprint density at radius 3 is 2.42 bits per heavy atom. The summed E-state index contributed by atoms with van der Waals surface area (Å²) in [6.07, 6.45) is 3.18. The lowest BCUT2D eigenvalue weighted by Crippen LogP contribution is -2.30. The molecule has 0 aromatic heterocycles. The van der Waals surface area contributed by atoms with E-state index in [0.717, 1.165) is 25.2 Å². The highest BCUT2D eigenvalue weighted by atomic mass is 15.1. The van der Waals surface area contributed by atoms with Gasteiger partial charge in [0, 0.05) is 20.0 Å². The largest absolute Gasteiger partial charge is 0.363 e. The number of nitrogens with one attached hydrogen (secondary N) is 1. The van der Waals surface area contributed by atoms with E-state index < -0.39 is 0 Å². The highest BCUT2D eigenvalue weighted by molar-refractivity contribution is 5.78. The Morgan fingerprint density at radius 1 is 1.42 bits per heavy atom. The third kappa shape index (κ3) is 4.37. The van der Waals surface area contributed by atoms with E-state index in [1.165, 1.54) is 6.42 Å². The second-order valence-corrected chi connectivity index (χ2v) is 3.59. The predicted molar refractivity (Wildman–Crippen MR) is 54.7 cm³/mol. The third-order valence-corrected chi connectivity index (χ3v) is 2.23. The summed E-state index contributed by atoms with van der Waals surface area (Å²) in [6, 6.07) is 0. The number of nitrogens with zero attached hydrogens (tertiary/aromatic N) is 1. The van der Waals surface area contributed by atoms with E-state index in [2.05, 4.69) is 25.7 Å². The van der Waals surface area contributed by atoms with Crippen molar-refractivity contribution in [2.75, 3.05) is 13.6 Å². The molecule has 0 spiro atoms. The number of hydrogen-bond acceptors (Lipinski definition) is 1. The molecule has 0 aliphatic carbocycles. The first-order valence-corrected chi connectivity index (χ1v) is 4.90. The van der Waals surface area contributed by atoms with Gasteiger partial charge in [-0.1, -0.05) is 27.2 Å². The molecular weight excluding hydrogens is 148 g/mol. The topological polar surface area (TPSA) is 27.1 Å². The average Bonchev–Trinajstić information content (AvgIpc) is 2.04. The molecule has 0 bridgehead atoms. The van der Waals surface area contributed by atoms with E-state index in [0.29, 0.717) is 5.92 Å². The van der Waals surface area contributed by atoms with Crippen LogP contribution < -0.4 is 0 Å². The van der Waals surface area contributed by atoms with E-state index in [4.69, 9.17) is 5.41 Å². The molecule has 0 aromatic carbocycles. The van der Waals surface area contributed by atoms with Gasteiger partial charge in [-0.15, -0.1) is 0 Å². The van der Waals surface area contributed by atoms with Crippen LogP contribution >= 0.6 is 0 Å². The Balaban J connectivity index is 3.70. The van der Waals surface area contributed by atoms with Crippen LogP contribution in [0.3, 0.4) is 0 Å². The number of hydrogen-bond donors (Lipinski definition) is 1. The van der Waals surface area contributed by atoms with Gasteiger partial charge in [0.05, 0.1) is 5.84 Å². The third-order valence-electron chi connectivity index (χ3n) is 2.23. The van der Waals surface area contributed by atoms with Crippen LogP contribution in [0.2, 0.25) is 0 Å². The summed E-state index contributed by atoms with van der Waals surface area (Å²) < 4.78 is 0. The predicted octanol–water partition coefficient (Wildman–Crippen LogP) is 2.74. The van der Waals surface area contributed by atoms with Crippen molar-refractivity contribution in [1.29, 1.82) is 5.41 Å². The monoisotopic (exact) mass is 170 g/mol. The van der Waals surface area contributed by atoms with Crippen molar-refractivity contribution in [1.82, 2.24) is 4.90 Å². The molecule has 0 saturated heterocycles. The summed E-state index contributed by atoms with van der Waals surface area (Å²) in [5.74, 6) is 1.48. The number of rotatable bonds is 5. The Labute approximate surface area is 76.5 Å². The second kappa shape index (κ2) is 6.04. The smallest absolute Gasteiger partial charge is 0.0955 e. The van der Waals surface area contributed by atoms with Crippen molar-refractivity contribution in [3.63, 3.8) is 0 Å². The van der Waals surface area contributed by atoms with Gasteiger partial charge in [0.25, 0.3) is 0 Å². The van der Waals surface area contributed by atoms with E-state index in [-0.39, 0.29) is 0 Å². The Kier molecular flexibility index (Phi) is 5.77. The van der Waals surface area contributed by atoms with Gasteiger partial charge < -0.3 is 4.90 Å². The standard InChI is InChI=1S/C10H22N2/c1-5-7-10(11)12(4)8-9(3)6-2/h9,11H,5-8H2,1-4H3. The minimum absolute atomic E-state index is 0.701. The molecule has 1 atom stereocenters. The van der Waals surface area contributed by atoms with Crippen LogP contribution in [0.25, 0.3) is 0 Å². The van der Waals surface area contributed by atoms with Gasteiger partial charge in [-0.25, -0.2) is 0 Å². The first-order valence-electron chi connectivity index (χ1n) is 4.90. The summed E-state index contributed by atoms with van der Waals surface area (Å²) in [4.78, 5) is 2.07. The summed E-state index contributed by atoms with van der Waals surface area (Å²) in [5.41, 5.74) is 0. The van der Waals surface area contributed by atoms with Gasteiger partial charge in [0.15, 0.2) is 0 Å². The maximum absolute atomic E-state index is 7.69. The molecule has 0 rings (SSSR count). The van der Waals surface area contributed by atoms with Crippen molar-refractivity contribution in [2.45, 2.75) is 40.0 Å². The zero-order valence-electron chi connectivity index (χ0n) is 8.85. The van der Waals surface area contributed by atoms with E-state index >= 15 is 0 Å². The van der Waals surface area contributed by atoms with Crippen LogP contribution in [0.1, 0.15) is 40.0 Å². The van der Waals surface area contributed by atoms with Crippen molar-refractivity contribution in [3.8, 4) is 0 Å². The highest BCUT2D eigenvalue weighted by Crippen LogP contribution is 2.04. The fourth-order valence-electron chi connectivity index (χ4n) is 1.13. The minimum Gasteiger partial charge on any atom is -0.363 e. The maximum atomic E-state index is 7.69. The molecule has 12 heavy (non-hydrogen) atoms. The Morgan fingerprint density at radius 2 is 2.00 bits per heavy atom. The van der Waals surface area contributed by atoms with Crippen molar-refractivity contribution in [2.24, 2.45) is 5.92 Å². The fourth-order valence-corrected chi connectivity index (χ4v) is 1.13. The zero-order chi connectivity index (χ0) is 9.56. The first-order chi connectivity index (χ1) is 5.61. The van der Waals surface area contributed by atoms with Crippen molar-refractivity contribution in [3.05, 3.63) is 0 Å². The van der Waals surface area contributed by atoms with Gasteiger partial charge in [-0.05, 0) is 12.3 Å². The SMILES string of the molecule is CCCC(=N)N(C)CC(C)CC. The first kappa shape index (κ1) is 11.5. The van der Waals surface area contributed by atoms with Crippen LogP contribution in [-0.2, 0) is 0 Å². The van der Waals surface area contributed by atoms with Gasteiger partial charge in [0.1, 0.15) is 0 Å². The van der Waals surface area contributed by atoms with Crippen LogP contribution in [0.5, 0.6) is 0 Å². The Bertz CT molecular complexity index is 132. The lowest BCUT2D eigenvalue weighted by atomic mass is 10.1. The van der Waals surface area contributed by atoms with Crippen LogP contribution in [0.4, 0.5) is 0 Å². The van der Waals surface area contributed by atoms with Crippen molar-refractivity contribution < 1.29 is 0 Å². The molecule has 0 fully saturated rings. The molecule has 0 aliphatic heterocycles. The molecule has 2 heteroatoms. The summed E-state index contributed by atoms with van der Waals surface area (Å²) in [5, 5.41) is 7.69. The highest BCUT2D eigenvalue weighted by Gasteiger charge is 2.06. The van der Waals surface area contributed by atoms with E-state index in [1.54, 1.807) is 0 Å². The summed E-state index contributed by atoms with van der Waals surface area (Å²) >= 11 is 0. The molecule has 1 unspecified atom stereocenters. The van der Waals surface area contributed by atoms with Crippen LogP contribution in [-0.4, -0.2) is 24.3 Å². The summed E-state index contributed by atoms with van der Waals surface area (Å²) in [6.45, 7) is 7.57. The molecule has 0 heterocycles. The Hall–Kier alpha value is -0.530. The average molecular weight is 170 g/mol. The minimum atomic E-state index is 0.701. The van der Waals surface area contributed by atoms with E-state index in [9.17, 15) is 0 Å². The van der Waals surface area contributed by atoms with Gasteiger partial charge >= 0.3 is 0 Å². The molecule has 0 saturated carbocycles. The molecule has 0 radical (unpaired) electrons. The number of amidine groups is 1. The van der Waals surface area contributed by atoms with Crippen LogP contribution in [0, 0.1) is 11.3 Å². The molecule has 0 aliphatic rings. The second-order valence-electron chi connectivity index (χ2n) is 3.59.